The van der Waals surface area contributed by atoms with E-state index >= 15 is 0 Å². The number of aryl methyl sites for hydroxylation is 1. The van der Waals surface area contributed by atoms with E-state index < -0.39 is 0 Å². The lowest BCUT2D eigenvalue weighted by atomic mass is 10.2. The number of carbonyl (C=O) groups excluding carboxylic acids is 1. The van der Waals surface area contributed by atoms with Crippen molar-refractivity contribution in [3.8, 4) is 0 Å². The molecular formula is C14H22ClNO2. The van der Waals surface area contributed by atoms with Crippen molar-refractivity contribution in [2.24, 2.45) is 0 Å². The van der Waals surface area contributed by atoms with Crippen molar-refractivity contribution >= 4 is 17.4 Å². The number of aromatic nitrogens is 1. The van der Waals surface area contributed by atoms with E-state index in [0.717, 1.165) is 49.6 Å². The van der Waals surface area contributed by atoms with Crippen LogP contribution in [0.3, 0.4) is 0 Å². The van der Waals surface area contributed by atoms with Gasteiger partial charge >= 0.3 is 0 Å². The van der Waals surface area contributed by atoms with Crippen molar-refractivity contribution in [1.82, 2.24) is 4.57 Å². The van der Waals surface area contributed by atoms with Gasteiger partial charge in [-0.25, -0.2) is 0 Å². The molecule has 0 amide bonds. The Labute approximate surface area is 114 Å². The summed E-state index contributed by atoms with van der Waals surface area (Å²) in [6.07, 6.45) is 2.01. The average molecular weight is 272 g/mol. The number of ether oxygens (including phenoxy) is 1. The molecular weight excluding hydrogens is 250 g/mol. The zero-order valence-electron chi connectivity index (χ0n) is 11.5. The maximum absolute atomic E-state index is 11.6. The van der Waals surface area contributed by atoms with Crippen LogP contribution in [0, 0.1) is 13.8 Å². The van der Waals surface area contributed by atoms with Crippen molar-refractivity contribution in [3.63, 3.8) is 0 Å². The van der Waals surface area contributed by atoms with E-state index in [1.807, 2.05) is 19.9 Å². The van der Waals surface area contributed by atoms with Crippen LogP contribution in [0.1, 0.15) is 41.5 Å². The van der Waals surface area contributed by atoms with Crippen LogP contribution in [0.25, 0.3) is 0 Å². The molecule has 3 nitrogen and oxygen atoms in total. The fraction of sp³-hybridized carbons (Fsp3) is 0.643. The molecule has 4 heteroatoms. The number of rotatable bonds is 8. The molecule has 0 spiro atoms. The largest absolute Gasteiger partial charge is 0.381 e. The molecule has 0 aliphatic rings. The predicted molar refractivity (Wildman–Crippen MR) is 74.7 cm³/mol. The Kier molecular flexibility index (Phi) is 6.44. The summed E-state index contributed by atoms with van der Waals surface area (Å²) in [5, 5.41) is 0. The number of hydrogen-bond acceptors (Lipinski definition) is 2. The predicted octanol–water partition coefficient (Wildman–Crippen LogP) is 3.34. The van der Waals surface area contributed by atoms with Gasteiger partial charge in [-0.3, -0.25) is 4.79 Å². The van der Waals surface area contributed by atoms with Gasteiger partial charge < -0.3 is 9.30 Å². The fourth-order valence-electron chi connectivity index (χ4n) is 2.07. The molecule has 102 valence electrons. The highest BCUT2D eigenvalue weighted by Gasteiger charge is 2.14. The molecule has 0 saturated heterocycles. The summed E-state index contributed by atoms with van der Waals surface area (Å²) < 4.78 is 7.62. The molecule has 1 aromatic rings. The second-order valence-electron chi connectivity index (χ2n) is 4.46. The van der Waals surface area contributed by atoms with Crippen LogP contribution in [0.5, 0.6) is 0 Å². The number of alkyl halides is 1. The Hall–Kier alpha value is -0.800. The molecule has 18 heavy (non-hydrogen) atoms. The van der Waals surface area contributed by atoms with Crippen LogP contribution < -0.4 is 0 Å². The number of nitrogens with zero attached hydrogens (tertiary/aromatic N) is 1. The van der Waals surface area contributed by atoms with Crippen molar-refractivity contribution in [2.45, 2.75) is 40.2 Å². The first kappa shape index (κ1) is 15.3. The van der Waals surface area contributed by atoms with Gasteiger partial charge in [-0.05, 0) is 32.8 Å². The Balaban J connectivity index is 2.60. The summed E-state index contributed by atoms with van der Waals surface area (Å²) in [7, 11) is 0. The third-order valence-electron chi connectivity index (χ3n) is 3.01. The Morgan fingerprint density at radius 1 is 1.39 bits per heavy atom. The molecule has 0 atom stereocenters. The molecule has 0 bridgehead atoms. The van der Waals surface area contributed by atoms with Gasteiger partial charge in [-0.2, -0.15) is 0 Å². The topological polar surface area (TPSA) is 31.2 Å². The lowest BCUT2D eigenvalue weighted by Gasteiger charge is -2.09. The van der Waals surface area contributed by atoms with E-state index in [4.69, 9.17) is 16.3 Å². The first-order chi connectivity index (χ1) is 8.61. The zero-order valence-corrected chi connectivity index (χ0v) is 12.2. The van der Waals surface area contributed by atoms with Crippen LogP contribution >= 0.6 is 11.6 Å². The molecule has 0 aliphatic heterocycles. The number of hydrogen-bond donors (Lipinski definition) is 0. The number of halogens is 1. The third kappa shape index (κ3) is 3.85. The van der Waals surface area contributed by atoms with Crippen molar-refractivity contribution < 1.29 is 9.53 Å². The summed E-state index contributed by atoms with van der Waals surface area (Å²) in [5.41, 5.74) is 2.86. The normalized spacial score (nSPS) is 10.9. The van der Waals surface area contributed by atoms with E-state index in [0.29, 0.717) is 0 Å². The maximum Gasteiger partial charge on any atom is 0.179 e. The Morgan fingerprint density at radius 3 is 2.72 bits per heavy atom. The van der Waals surface area contributed by atoms with Gasteiger partial charge in [0.1, 0.15) is 0 Å². The van der Waals surface area contributed by atoms with E-state index in [-0.39, 0.29) is 11.7 Å². The first-order valence-corrected chi connectivity index (χ1v) is 6.98. The molecule has 0 saturated carbocycles. The molecule has 0 unspecified atom stereocenters. The molecule has 0 aromatic carbocycles. The van der Waals surface area contributed by atoms with Gasteiger partial charge in [-0.15, -0.1) is 11.6 Å². The lowest BCUT2D eigenvalue weighted by Crippen LogP contribution is -2.08. The van der Waals surface area contributed by atoms with Crippen molar-refractivity contribution in [2.75, 3.05) is 19.1 Å². The van der Waals surface area contributed by atoms with Gasteiger partial charge in [0.2, 0.25) is 0 Å². The van der Waals surface area contributed by atoms with Gasteiger partial charge in [0.15, 0.2) is 5.78 Å². The minimum atomic E-state index is -0.00162. The van der Waals surface area contributed by atoms with E-state index in [1.54, 1.807) is 0 Å². The number of ketones is 1. The van der Waals surface area contributed by atoms with E-state index in [1.165, 1.54) is 0 Å². The van der Waals surface area contributed by atoms with Crippen LogP contribution in [-0.2, 0) is 11.3 Å². The van der Waals surface area contributed by atoms with Gasteiger partial charge in [0.05, 0.1) is 5.88 Å². The number of carbonyl (C=O) groups is 1. The Morgan fingerprint density at radius 2 is 2.11 bits per heavy atom. The number of Topliss-reactive ketones (excluding diaryl/α,β-unsaturated/α-hetero) is 1. The zero-order chi connectivity index (χ0) is 13.5. The Bertz CT molecular complexity index is 399. The summed E-state index contributed by atoms with van der Waals surface area (Å²) in [6, 6.07) is 1.92. The second kappa shape index (κ2) is 7.59. The molecule has 0 fully saturated rings. The maximum atomic E-state index is 11.6. The monoisotopic (exact) mass is 271 g/mol. The smallest absolute Gasteiger partial charge is 0.179 e. The standard InChI is InChI=1S/C14H22ClNO2/c1-4-7-18-8-5-6-16-11(2)9-13(12(16)3)14(17)10-15/h9H,4-8,10H2,1-3H3. The summed E-state index contributed by atoms with van der Waals surface area (Å²) in [4.78, 5) is 11.6. The summed E-state index contributed by atoms with van der Waals surface area (Å²) in [6.45, 7) is 8.56. The van der Waals surface area contributed by atoms with Crippen molar-refractivity contribution in [1.29, 1.82) is 0 Å². The fourth-order valence-corrected chi connectivity index (χ4v) is 2.21. The van der Waals surface area contributed by atoms with Gasteiger partial charge in [0.25, 0.3) is 0 Å². The molecule has 0 radical (unpaired) electrons. The molecule has 0 aliphatic carbocycles. The summed E-state index contributed by atoms with van der Waals surface area (Å²) in [5.74, 6) is 0.0439. The van der Waals surface area contributed by atoms with Crippen LogP contribution in [0.4, 0.5) is 0 Å². The van der Waals surface area contributed by atoms with Gasteiger partial charge in [0, 0.05) is 36.7 Å². The third-order valence-corrected chi connectivity index (χ3v) is 3.26. The highest BCUT2D eigenvalue weighted by atomic mass is 35.5. The van der Waals surface area contributed by atoms with E-state index in [9.17, 15) is 4.79 Å². The highest BCUT2D eigenvalue weighted by molar-refractivity contribution is 6.30. The molecule has 0 N–H and O–H groups in total. The minimum Gasteiger partial charge on any atom is -0.381 e. The molecule has 1 rings (SSSR count). The SMILES string of the molecule is CCCOCCCn1c(C)cc(C(=O)CCl)c1C. The molecule has 1 aromatic heterocycles. The second-order valence-corrected chi connectivity index (χ2v) is 4.73. The molecule has 1 heterocycles. The summed E-state index contributed by atoms with van der Waals surface area (Å²) >= 11 is 5.60. The minimum absolute atomic E-state index is 0.00162. The van der Waals surface area contributed by atoms with Crippen molar-refractivity contribution in [3.05, 3.63) is 23.0 Å². The van der Waals surface area contributed by atoms with E-state index in [2.05, 4.69) is 11.5 Å². The van der Waals surface area contributed by atoms with Crippen LogP contribution in [0.2, 0.25) is 0 Å². The van der Waals surface area contributed by atoms with Gasteiger partial charge in [-0.1, -0.05) is 6.92 Å². The van der Waals surface area contributed by atoms with Crippen LogP contribution in [0.15, 0.2) is 6.07 Å². The average Bonchev–Trinajstić information content (AvgIpc) is 2.65. The van der Waals surface area contributed by atoms with Crippen LogP contribution in [-0.4, -0.2) is 29.4 Å². The lowest BCUT2D eigenvalue weighted by molar-refractivity contribution is 0.102. The quantitative estimate of drug-likeness (QED) is 0.412. The first-order valence-electron chi connectivity index (χ1n) is 6.45. The highest BCUT2D eigenvalue weighted by Crippen LogP contribution is 2.16.